The molecule has 2 unspecified atom stereocenters. The number of ether oxygens (including phenoxy) is 4. The number of fused-ring (bicyclic) bond motifs is 2. The lowest BCUT2D eigenvalue weighted by molar-refractivity contribution is -0.157. The van der Waals surface area contributed by atoms with Crippen LogP contribution in [0.5, 0.6) is 11.5 Å². The smallest absolute Gasteiger partial charge is 0.310 e. The molecule has 3 aromatic rings. The van der Waals surface area contributed by atoms with Crippen LogP contribution in [0.25, 0.3) is 22.3 Å². The fraction of sp³-hybridized carbons (Fsp3) is 0.673. The summed E-state index contributed by atoms with van der Waals surface area (Å²) in [5.41, 5.74) is -0.730. The first kappa shape index (κ1) is 47.0. The van der Waals surface area contributed by atoms with Crippen LogP contribution < -0.4 is 14.8 Å². The maximum absolute atomic E-state index is 14.9. The van der Waals surface area contributed by atoms with E-state index in [-0.39, 0.29) is 66.1 Å². The van der Waals surface area contributed by atoms with E-state index in [1.165, 1.54) is 17.6 Å². The van der Waals surface area contributed by atoms with Crippen LogP contribution in [0, 0.1) is 34.5 Å². The molecule has 5 fully saturated rings. The molecule has 8 rings (SSSR count). The van der Waals surface area contributed by atoms with Gasteiger partial charge in [0.2, 0.25) is 5.91 Å². The predicted octanol–water partition coefficient (Wildman–Crippen LogP) is 8.06. The van der Waals surface area contributed by atoms with E-state index in [0.29, 0.717) is 90.8 Å². The van der Waals surface area contributed by atoms with Gasteiger partial charge in [-0.2, -0.15) is 4.98 Å². The van der Waals surface area contributed by atoms with Crippen molar-refractivity contribution in [2.75, 3.05) is 44.8 Å². The highest BCUT2D eigenvalue weighted by Gasteiger charge is 2.61. The quantitative estimate of drug-likeness (QED) is 0.117. The van der Waals surface area contributed by atoms with Gasteiger partial charge in [-0.05, 0) is 88.7 Å². The second-order valence-electron chi connectivity index (χ2n) is 21.2. The van der Waals surface area contributed by atoms with E-state index in [2.05, 4.69) is 29.0 Å². The number of likely N-dealkylation sites (tertiary alicyclic amines) is 1. The van der Waals surface area contributed by atoms with Gasteiger partial charge in [0.25, 0.3) is 6.01 Å². The summed E-state index contributed by atoms with van der Waals surface area (Å²) < 4.78 is 30.5. The third-order valence-electron chi connectivity index (χ3n) is 14.5. The van der Waals surface area contributed by atoms with E-state index in [4.69, 9.17) is 39.9 Å². The topological polar surface area (TPSA) is 183 Å². The molecule has 4 heterocycles. The maximum Gasteiger partial charge on any atom is 0.310 e. The summed E-state index contributed by atoms with van der Waals surface area (Å²) in [6, 6.07) is 4.77. The Morgan fingerprint density at radius 2 is 1.78 bits per heavy atom. The highest BCUT2D eigenvalue weighted by Crippen LogP contribution is 2.58. The Morgan fingerprint density at radius 1 is 1.03 bits per heavy atom. The lowest BCUT2D eigenvalue weighted by Crippen LogP contribution is -2.54. The second kappa shape index (κ2) is 18.3. The van der Waals surface area contributed by atoms with Crippen molar-refractivity contribution in [1.29, 1.82) is 0 Å². The number of ketones is 1. The van der Waals surface area contributed by atoms with E-state index in [1.54, 1.807) is 12.1 Å². The summed E-state index contributed by atoms with van der Waals surface area (Å²) in [5, 5.41) is 14.3. The number of carboxylic acids is 1. The van der Waals surface area contributed by atoms with Gasteiger partial charge < -0.3 is 38.7 Å². The average Bonchev–Trinajstić information content (AvgIpc) is 3.91. The highest BCUT2D eigenvalue weighted by molar-refractivity contribution is 6.36. The molecule has 3 saturated carbocycles. The normalized spacial score (nSPS) is 27.6. The van der Waals surface area contributed by atoms with Crippen molar-refractivity contribution >= 4 is 52.1 Å². The van der Waals surface area contributed by atoms with Gasteiger partial charge in [0.05, 0.1) is 54.8 Å². The van der Waals surface area contributed by atoms with Crippen LogP contribution in [0.3, 0.4) is 0 Å². The molecule has 3 aliphatic carbocycles. The minimum absolute atomic E-state index is 0.0263. The molecule has 16 heteroatoms. The second-order valence-corrected chi connectivity index (χ2v) is 21.6. The number of Topliss-reactive ketones (excluding diaryl/α,β-unsaturated/α-hetero) is 1. The predicted molar refractivity (Wildman–Crippen MR) is 244 cm³/mol. The van der Waals surface area contributed by atoms with Gasteiger partial charge in [0.15, 0.2) is 5.78 Å². The summed E-state index contributed by atoms with van der Waals surface area (Å²) in [6.07, 6.45) is 4.40. The van der Waals surface area contributed by atoms with Crippen LogP contribution in [0.1, 0.15) is 107 Å². The molecule has 5 aliphatic rings. The summed E-state index contributed by atoms with van der Waals surface area (Å²) in [7, 11) is 0. The number of hydrogen-bond donors (Lipinski definition) is 2. The van der Waals surface area contributed by atoms with Crippen molar-refractivity contribution in [3.63, 3.8) is 0 Å². The number of nitrogens with zero attached hydrogens (tertiary/aromatic N) is 4. The van der Waals surface area contributed by atoms with Gasteiger partial charge in [0.1, 0.15) is 47.3 Å². The summed E-state index contributed by atoms with van der Waals surface area (Å²) >= 11 is 7.15. The Balaban J connectivity index is 1.09. The molecule has 1 amide bonds. The van der Waals surface area contributed by atoms with Crippen molar-refractivity contribution in [2.45, 2.75) is 137 Å². The van der Waals surface area contributed by atoms with Gasteiger partial charge in [-0.1, -0.05) is 45.7 Å². The molecule has 2 saturated heterocycles. The lowest BCUT2D eigenvalue weighted by Gasteiger charge is -2.41. The van der Waals surface area contributed by atoms with Crippen LogP contribution in [-0.2, 0) is 28.7 Å². The van der Waals surface area contributed by atoms with E-state index in [1.807, 2.05) is 47.6 Å². The Morgan fingerprint density at radius 3 is 2.45 bits per heavy atom. The fourth-order valence-corrected chi connectivity index (χ4v) is 10.7. The van der Waals surface area contributed by atoms with Gasteiger partial charge in [-0.3, -0.25) is 24.1 Å². The average molecular weight is 921 g/mol. The van der Waals surface area contributed by atoms with Crippen molar-refractivity contribution in [3.05, 3.63) is 29.5 Å². The van der Waals surface area contributed by atoms with Crippen LogP contribution in [0.2, 0.25) is 5.02 Å². The largest absolute Gasteiger partial charge is 0.491 e. The van der Waals surface area contributed by atoms with E-state index < -0.39 is 40.8 Å². The SMILES string of the molecule is CC[C@@H]1C[C@]1(CC(=O)[C@@H]1CC(Oc2cc(-c3coc(NC(C)C)n3)nc3c(Cl)c(OCCN4CCOCC4(C)C)ccc23)CN1C(=O)[C@@H](CC(=O)OC1C[C@@H]2C[C@@H]2C1)C(C)(C)C)C(=O)O. The van der Waals surface area contributed by atoms with Crippen LogP contribution in [0.15, 0.2) is 28.9 Å². The number of carboxylic acid groups (broad SMARTS) is 1. The number of aliphatic carboxylic acids is 1. The van der Waals surface area contributed by atoms with Gasteiger partial charge in [0, 0.05) is 49.0 Å². The molecule has 2 aliphatic heterocycles. The number of rotatable bonds is 18. The number of hydrogen-bond acceptors (Lipinski definition) is 13. The maximum atomic E-state index is 14.9. The number of aromatic nitrogens is 2. The first-order valence-electron chi connectivity index (χ1n) is 23.5. The summed E-state index contributed by atoms with van der Waals surface area (Å²) in [4.78, 5) is 69.0. The molecule has 0 radical (unpaired) electrons. The number of nitrogens with one attached hydrogen (secondary N) is 1. The molecule has 65 heavy (non-hydrogen) atoms. The number of anilines is 1. The summed E-state index contributed by atoms with van der Waals surface area (Å²) in [6.45, 7) is 19.0. The number of pyridine rings is 1. The van der Waals surface area contributed by atoms with Gasteiger partial charge in [-0.15, -0.1) is 0 Å². The number of oxazole rings is 1. The number of esters is 1. The van der Waals surface area contributed by atoms with Crippen molar-refractivity contribution in [3.8, 4) is 22.9 Å². The van der Waals surface area contributed by atoms with E-state index in [9.17, 15) is 24.3 Å². The van der Waals surface area contributed by atoms with E-state index >= 15 is 0 Å². The molecule has 0 bridgehead atoms. The highest BCUT2D eigenvalue weighted by atomic mass is 35.5. The van der Waals surface area contributed by atoms with Crippen LogP contribution in [-0.4, -0.2) is 118 Å². The molecule has 1 aromatic carbocycles. The Hall–Kier alpha value is -4.47. The Bertz CT molecular complexity index is 2280. The first-order valence-corrected chi connectivity index (χ1v) is 23.9. The van der Waals surface area contributed by atoms with Crippen molar-refractivity contribution in [1.82, 2.24) is 19.8 Å². The molecule has 15 nitrogen and oxygen atoms in total. The third kappa shape index (κ3) is 10.1. The zero-order valence-corrected chi connectivity index (χ0v) is 39.9. The standard InChI is InChI=1S/C49H66ClN5O10/c1-9-30-22-49(30,45(59)60)23-38(56)37-19-32(24-55(37)44(58)34(47(4,5)6)20-41(57)65-31-17-28-16-29(28)18-31)64-40-21-35(36-25-63-46(53-36)51-27(2)3)52-43-33(40)10-11-39(42(43)50)62-15-13-54-12-14-61-26-48(54,7)8/h10-11,21,25,27-32,34,37H,9,12-20,22-24,26H2,1-8H3,(H,51,53)(H,59,60)/t28-,29+,30-,31?,32?,34-,37+,49-/m1/s1. The number of benzene rings is 1. The van der Waals surface area contributed by atoms with Gasteiger partial charge in [-0.25, -0.2) is 4.98 Å². The van der Waals surface area contributed by atoms with Crippen LogP contribution >= 0.6 is 11.6 Å². The molecule has 2 aromatic heterocycles. The van der Waals surface area contributed by atoms with Crippen LogP contribution in [0.4, 0.5) is 6.01 Å². The minimum Gasteiger partial charge on any atom is -0.491 e. The number of carbonyl (C=O) groups is 4. The lowest BCUT2D eigenvalue weighted by atomic mass is 9.77. The zero-order chi connectivity index (χ0) is 46.6. The monoisotopic (exact) mass is 919 g/mol. The number of amides is 1. The minimum atomic E-state index is -1.17. The molecular weight excluding hydrogens is 854 g/mol. The Kier molecular flexibility index (Phi) is 13.3. The molecular formula is C49H66ClN5O10. The number of carbonyl (C=O) groups excluding carboxylic acids is 3. The number of morpholine rings is 1. The molecule has 8 atom stereocenters. The molecule has 0 spiro atoms. The molecule has 2 N–H and O–H groups in total. The third-order valence-corrected chi connectivity index (χ3v) is 14.9. The van der Waals surface area contributed by atoms with Crippen molar-refractivity contribution in [2.24, 2.45) is 34.5 Å². The molecule has 354 valence electrons. The van der Waals surface area contributed by atoms with E-state index in [0.717, 1.165) is 19.4 Å². The summed E-state index contributed by atoms with van der Waals surface area (Å²) in [5.74, 6) is -0.957. The Labute approximate surface area is 386 Å². The zero-order valence-electron chi connectivity index (χ0n) is 39.1. The fourth-order valence-electron chi connectivity index (χ4n) is 10.5. The first-order chi connectivity index (χ1) is 30.8. The number of halogens is 1. The van der Waals surface area contributed by atoms with Gasteiger partial charge >= 0.3 is 11.9 Å². The van der Waals surface area contributed by atoms with Crippen molar-refractivity contribution < 1.29 is 47.6 Å².